The number of pyridine rings is 1. The summed E-state index contributed by atoms with van der Waals surface area (Å²) in [5.74, 6) is -1.42. The predicted molar refractivity (Wildman–Crippen MR) is 127 cm³/mol. The first kappa shape index (κ1) is 27.0. The fourth-order valence-electron chi connectivity index (χ4n) is 3.10. The molecule has 0 amide bonds. The SMILES string of the molecule is C.COc1nc(C)ccc1-c1cc(Nc2cncc(O[C@@H]3CCCNC3)n2)n[nH]1.O=C(O)C(=O)O. The third-order valence-electron chi connectivity index (χ3n) is 4.65. The summed E-state index contributed by atoms with van der Waals surface area (Å²) >= 11 is 0. The summed E-state index contributed by atoms with van der Waals surface area (Å²) in [4.78, 5) is 31.3. The van der Waals surface area contributed by atoms with E-state index in [1.807, 2.05) is 25.1 Å². The number of carbonyl (C=O) groups is 2. The second kappa shape index (κ2) is 12.8. The molecule has 1 saturated heterocycles. The van der Waals surface area contributed by atoms with Crippen molar-refractivity contribution < 1.29 is 29.3 Å². The van der Waals surface area contributed by atoms with E-state index in [-0.39, 0.29) is 13.5 Å². The lowest BCUT2D eigenvalue weighted by atomic mass is 10.1. The van der Waals surface area contributed by atoms with Crippen molar-refractivity contribution in [1.82, 2.24) is 30.5 Å². The Hall–Kier alpha value is -4.26. The molecule has 1 fully saturated rings. The molecule has 0 saturated carbocycles. The third kappa shape index (κ3) is 7.92. The highest BCUT2D eigenvalue weighted by Crippen LogP contribution is 2.29. The molecule has 1 aliphatic rings. The van der Waals surface area contributed by atoms with E-state index in [9.17, 15) is 0 Å². The minimum atomic E-state index is -1.82. The number of anilines is 2. The van der Waals surface area contributed by atoms with Crippen molar-refractivity contribution in [2.45, 2.75) is 33.3 Å². The average Bonchev–Trinajstić information content (AvgIpc) is 3.28. The van der Waals surface area contributed by atoms with Crippen molar-refractivity contribution in [1.29, 1.82) is 0 Å². The molecular weight excluding hydrogens is 458 g/mol. The van der Waals surface area contributed by atoms with Gasteiger partial charge >= 0.3 is 11.9 Å². The molecule has 0 spiro atoms. The summed E-state index contributed by atoms with van der Waals surface area (Å²) in [6.07, 6.45) is 5.49. The number of aryl methyl sites for hydroxylation is 1. The van der Waals surface area contributed by atoms with Crippen LogP contribution in [0.5, 0.6) is 11.8 Å². The Bertz CT molecular complexity index is 1120. The number of aromatic nitrogens is 5. The molecule has 0 aromatic carbocycles. The van der Waals surface area contributed by atoms with E-state index in [0.29, 0.717) is 23.4 Å². The fraction of sp³-hybridized carbons (Fsp3) is 0.364. The van der Waals surface area contributed by atoms with Crippen LogP contribution in [0.15, 0.2) is 30.6 Å². The van der Waals surface area contributed by atoms with Crippen LogP contribution in [0.4, 0.5) is 11.6 Å². The van der Waals surface area contributed by atoms with E-state index in [2.05, 4.69) is 35.8 Å². The largest absolute Gasteiger partial charge is 0.480 e. The average molecular weight is 488 g/mol. The molecule has 0 bridgehead atoms. The quantitative estimate of drug-likeness (QED) is 0.320. The van der Waals surface area contributed by atoms with Gasteiger partial charge in [0.05, 0.1) is 30.8 Å². The van der Waals surface area contributed by atoms with Gasteiger partial charge in [-0.3, -0.25) is 10.1 Å². The molecule has 0 aliphatic carbocycles. The Kier molecular flexibility index (Phi) is 9.90. The van der Waals surface area contributed by atoms with Crippen molar-refractivity contribution in [2.24, 2.45) is 0 Å². The number of carboxylic acid groups (broad SMARTS) is 2. The third-order valence-corrected chi connectivity index (χ3v) is 4.65. The van der Waals surface area contributed by atoms with Gasteiger partial charge in [0, 0.05) is 18.3 Å². The molecule has 0 radical (unpaired) electrons. The van der Waals surface area contributed by atoms with E-state index in [4.69, 9.17) is 29.3 Å². The van der Waals surface area contributed by atoms with Crippen LogP contribution in [-0.2, 0) is 9.59 Å². The van der Waals surface area contributed by atoms with Crippen LogP contribution >= 0.6 is 0 Å². The van der Waals surface area contributed by atoms with Gasteiger partial charge in [0.25, 0.3) is 0 Å². The molecule has 13 heteroatoms. The highest BCUT2D eigenvalue weighted by molar-refractivity contribution is 6.27. The van der Waals surface area contributed by atoms with E-state index >= 15 is 0 Å². The first-order valence-electron chi connectivity index (χ1n) is 10.4. The molecule has 5 N–H and O–H groups in total. The van der Waals surface area contributed by atoms with Gasteiger partial charge in [-0.15, -0.1) is 0 Å². The van der Waals surface area contributed by atoms with Gasteiger partial charge in [0.1, 0.15) is 6.10 Å². The second-order valence-electron chi connectivity index (χ2n) is 7.24. The zero-order valence-electron chi connectivity index (χ0n) is 18.6. The van der Waals surface area contributed by atoms with Crippen LogP contribution < -0.4 is 20.1 Å². The predicted octanol–water partition coefficient (Wildman–Crippen LogP) is 2.24. The minimum Gasteiger partial charge on any atom is -0.480 e. The smallest absolute Gasteiger partial charge is 0.414 e. The van der Waals surface area contributed by atoms with Crippen LogP contribution in [-0.4, -0.2) is 73.6 Å². The lowest BCUT2D eigenvalue weighted by Gasteiger charge is -2.23. The zero-order valence-corrected chi connectivity index (χ0v) is 18.6. The topological polar surface area (TPSA) is 184 Å². The Morgan fingerprint density at radius 2 is 1.91 bits per heavy atom. The Morgan fingerprint density at radius 1 is 1.14 bits per heavy atom. The van der Waals surface area contributed by atoms with Crippen LogP contribution in [0.2, 0.25) is 0 Å². The molecule has 3 aromatic rings. The van der Waals surface area contributed by atoms with Crippen molar-refractivity contribution in [3.05, 3.63) is 36.3 Å². The van der Waals surface area contributed by atoms with Crippen molar-refractivity contribution in [3.63, 3.8) is 0 Å². The maximum Gasteiger partial charge on any atom is 0.414 e. The molecular formula is C22H29N7O6. The van der Waals surface area contributed by atoms with Gasteiger partial charge in [-0.25, -0.2) is 14.6 Å². The van der Waals surface area contributed by atoms with Gasteiger partial charge in [-0.05, 0) is 38.4 Å². The summed E-state index contributed by atoms with van der Waals surface area (Å²) in [6, 6.07) is 5.75. The molecule has 35 heavy (non-hydrogen) atoms. The van der Waals surface area contributed by atoms with Gasteiger partial charge in [0.2, 0.25) is 11.8 Å². The standard InChI is InChI=1S/C19H23N7O2.C2H2O4.CH4/c1-12-5-6-14(19(22-12)27-2)15-8-16(26-25-15)23-17-10-21-11-18(24-17)28-13-4-3-7-20-9-13;3-1(4)2(5)6;/h5-6,8,10-11,13,20H,3-4,7,9H2,1-2H3,(H2,23,24,25,26);(H,3,4)(H,5,6);1H4/t13-;;/m1../s1. The van der Waals surface area contributed by atoms with Gasteiger partial charge in [-0.1, -0.05) is 7.43 Å². The van der Waals surface area contributed by atoms with E-state index in [0.717, 1.165) is 42.9 Å². The number of H-pyrrole nitrogens is 1. The number of aromatic amines is 1. The second-order valence-corrected chi connectivity index (χ2v) is 7.24. The molecule has 0 unspecified atom stereocenters. The number of hydrogen-bond acceptors (Lipinski definition) is 10. The Balaban J connectivity index is 0.000000552. The molecule has 4 rings (SSSR count). The summed E-state index contributed by atoms with van der Waals surface area (Å²) in [5, 5.41) is 28.5. The number of hydrogen-bond donors (Lipinski definition) is 5. The summed E-state index contributed by atoms with van der Waals surface area (Å²) in [5.41, 5.74) is 2.51. The lowest BCUT2D eigenvalue weighted by Crippen LogP contribution is -2.37. The Labute approximate surface area is 201 Å². The lowest BCUT2D eigenvalue weighted by molar-refractivity contribution is -0.159. The summed E-state index contributed by atoms with van der Waals surface area (Å²) in [7, 11) is 1.60. The van der Waals surface area contributed by atoms with Crippen molar-refractivity contribution >= 4 is 23.6 Å². The van der Waals surface area contributed by atoms with Crippen molar-refractivity contribution in [2.75, 3.05) is 25.5 Å². The number of carboxylic acids is 2. The maximum absolute atomic E-state index is 9.10. The molecule has 1 aliphatic heterocycles. The van der Waals surface area contributed by atoms with E-state index < -0.39 is 11.9 Å². The number of aliphatic carboxylic acids is 2. The van der Waals surface area contributed by atoms with Gasteiger partial charge in [-0.2, -0.15) is 10.1 Å². The summed E-state index contributed by atoms with van der Waals surface area (Å²) in [6.45, 7) is 3.79. The number of methoxy groups -OCH3 is 1. The minimum absolute atomic E-state index is 0. The first-order chi connectivity index (χ1) is 16.4. The molecule has 188 valence electrons. The van der Waals surface area contributed by atoms with Crippen LogP contribution in [0, 0.1) is 6.92 Å². The highest BCUT2D eigenvalue weighted by Gasteiger charge is 2.16. The fourth-order valence-corrected chi connectivity index (χ4v) is 3.10. The number of piperidine rings is 1. The number of nitrogens with one attached hydrogen (secondary N) is 3. The number of ether oxygens (including phenoxy) is 2. The van der Waals surface area contributed by atoms with Crippen LogP contribution in [0.1, 0.15) is 26.0 Å². The highest BCUT2D eigenvalue weighted by atomic mass is 16.5. The molecule has 13 nitrogen and oxygen atoms in total. The van der Waals surface area contributed by atoms with E-state index in [1.165, 1.54) is 0 Å². The summed E-state index contributed by atoms with van der Waals surface area (Å²) < 4.78 is 11.3. The van der Waals surface area contributed by atoms with Gasteiger partial charge in [0.15, 0.2) is 11.6 Å². The number of nitrogens with zero attached hydrogens (tertiary/aromatic N) is 4. The maximum atomic E-state index is 9.10. The number of rotatable bonds is 6. The van der Waals surface area contributed by atoms with E-state index in [1.54, 1.807) is 19.5 Å². The van der Waals surface area contributed by atoms with Crippen LogP contribution in [0.3, 0.4) is 0 Å². The zero-order chi connectivity index (χ0) is 24.5. The monoisotopic (exact) mass is 487 g/mol. The Morgan fingerprint density at radius 3 is 2.57 bits per heavy atom. The van der Waals surface area contributed by atoms with Gasteiger partial charge < -0.3 is 30.3 Å². The normalized spacial score (nSPS) is 14.5. The first-order valence-corrected chi connectivity index (χ1v) is 10.4. The van der Waals surface area contributed by atoms with Crippen LogP contribution in [0.25, 0.3) is 11.3 Å². The molecule has 3 aromatic heterocycles. The van der Waals surface area contributed by atoms with Crippen molar-refractivity contribution in [3.8, 4) is 23.0 Å². The molecule has 4 heterocycles. The molecule has 1 atom stereocenters.